The third-order valence-electron chi connectivity index (χ3n) is 7.87. The van der Waals surface area contributed by atoms with Gasteiger partial charge in [0.2, 0.25) is 0 Å². The van der Waals surface area contributed by atoms with E-state index < -0.39 is 12.0 Å². The quantitative estimate of drug-likeness (QED) is 0.221. The Morgan fingerprint density at radius 1 is 0.933 bits per heavy atom. The van der Waals surface area contributed by atoms with Gasteiger partial charge in [-0.2, -0.15) is 0 Å². The van der Waals surface area contributed by atoms with E-state index in [9.17, 15) is 9.59 Å². The standard InChI is InChI=1S/C37H29N3O4S/c1-3-44-36(42)31-33(24-15-8-5-9-16-24)39-37-40(34(31)25-17-12-18-26(21-25)43-2)35(41)30(45-37)22-28-27-19-10-11-20-29(27)38-32(28)23-13-6-4-7-14-23/h4-22,34,38H,3H2,1-2H3/b30-22-/t34-/m1/s1. The summed E-state index contributed by atoms with van der Waals surface area (Å²) < 4.78 is 13.2. The molecule has 1 aliphatic rings. The molecule has 1 N–H and O–H groups in total. The van der Waals surface area contributed by atoms with Crippen LogP contribution in [0.2, 0.25) is 0 Å². The van der Waals surface area contributed by atoms with Crippen LogP contribution in [0.25, 0.3) is 33.9 Å². The van der Waals surface area contributed by atoms with E-state index in [4.69, 9.17) is 14.5 Å². The van der Waals surface area contributed by atoms with Crippen molar-refractivity contribution in [2.45, 2.75) is 13.0 Å². The summed E-state index contributed by atoms with van der Waals surface area (Å²) in [6, 6.07) is 34.3. The number of thiazole rings is 1. The van der Waals surface area contributed by atoms with Gasteiger partial charge in [0.1, 0.15) is 5.75 Å². The van der Waals surface area contributed by atoms with Crippen LogP contribution in [0.3, 0.4) is 0 Å². The van der Waals surface area contributed by atoms with E-state index in [1.54, 1.807) is 18.6 Å². The Morgan fingerprint density at radius 3 is 2.38 bits per heavy atom. The monoisotopic (exact) mass is 611 g/mol. The van der Waals surface area contributed by atoms with Gasteiger partial charge in [-0.3, -0.25) is 9.36 Å². The number of H-pyrrole nitrogens is 1. The van der Waals surface area contributed by atoms with Gasteiger partial charge in [-0.25, -0.2) is 9.79 Å². The number of rotatable bonds is 7. The molecule has 2 aromatic heterocycles. The van der Waals surface area contributed by atoms with Crippen LogP contribution in [-0.4, -0.2) is 29.2 Å². The fourth-order valence-corrected chi connectivity index (χ4v) is 6.83. The largest absolute Gasteiger partial charge is 0.497 e. The molecule has 0 unspecified atom stereocenters. The first kappa shape index (κ1) is 28.3. The molecule has 222 valence electrons. The summed E-state index contributed by atoms with van der Waals surface area (Å²) in [6.07, 6.45) is 1.93. The molecule has 0 saturated carbocycles. The molecule has 45 heavy (non-hydrogen) atoms. The molecule has 3 heterocycles. The van der Waals surface area contributed by atoms with Gasteiger partial charge in [0.15, 0.2) is 4.80 Å². The van der Waals surface area contributed by atoms with E-state index in [1.807, 2.05) is 115 Å². The first-order chi connectivity index (χ1) is 22.1. The minimum absolute atomic E-state index is 0.183. The number of carbonyl (C=O) groups is 1. The first-order valence-corrected chi connectivity index (χ1v) is 15.5. The smallest absolute Gasteiger partial charge is 0.338 e. The molecule has 0 radical (unpaired) electrons. The normalized spacial score (nSPS) is 14.7. The zero-order valence-corrected chi connectivity index (χ0v) is 25.5. The van der Waals surface area contributed by atoms with Gasteiger partial charge >= 0.3 is 5.97 Å². The van der Waals surface area contributed by atoms with Gasteiger partial charge in [0, 0.05) is 22.0 Å². The van der Waals surface area contributed by atoms with Gasteiger partial charge in [0.05, 0.1) is 41.3 Å². The number of nitrogens with zero attached hydrogens (tertiary/aromatic N) is 2. The molecule has 0 aliphatic carbocycles. The number of ether oxygens (including phenoxy) is 2. The summed E-state index contributed by atoms with van der Waals surface area (Å²) in [5.41, 5.74) is 5.82. The number of para-hydroxylation sites is 1. The van der Waals surface area contributed by atoms with E-state index in [0.29, 0.717) is 31.9 Å². The van der Waals surface area contributed by atoms with Crippen molar-refractivity contribution < 1.29 is 14.3 Å². The summed E-state index contributed by atoms with van der Waals surface area (Å²) >= 11 is 1.30. The number of hydrogen-bond acceptors (Lipinski definition) is 6. The second-order valence-electron chi connectivity index (χ2n) is 10.5. The molecule has 0 fully saturated rings. The lowest BCUT2D eigenvalue weighted by molar-refractivity contribution is -0.138. The van der Waals surface area contributed by atoms with Gasteiger partial charge in [-0.15, -0.1) is 0 Å². The SMILES string of the molecule is CCOC(=O)C1=C(c2ccccc2)N=c2s/c(=C\c3c(-c4ccccc4)[nH]c4ccccc34)c(=O)n2[C@@H]1c1cccc(OC)c1. The van der Waals surface area contributed by atoms with E-state index in [2.05, 4.69) is 4.98 Å². The summed E-state index contributed by atoms with van der Waals surface area (Å²) in [7, 11) is 1.59. The second-order valence-corrected chi connectivity index (χ2v) is 11.5. The highest BCUT2D eigenvalue weighted by Crippen LogP contribution is 2.36. The van der Waals surface area contributed by atoms with Crippen LogP contribution in [0.1, 0.15) is 29.7 Å². The lowest BCUT2D eigenvalue weighted by Crippen LogP contribution is -2.40. The molecule has 0 amide bonds. The van der Waals surface area contributed by atoms with Crippen LogP contribution in [-0.2, 0) is 9.53 Å². The van der Waals surface area contributed by atoms with Crippen molar-refractivity contribution in [3.63, 3.8) is 0 Å². The highest BCUT2D eigenvalue weighted by molar-refractivity contribution is 7.07. The molecular weight excluding hydrogens is 582 g/mol. The molecule has 1 atom stereocenters. The third-order valence-corrected chi connectivity index (χ3v) is 8.85. The number of nitrogens with one attached hydrogen (secondary N) is 1. The first-order valence-electron chi connectivity index (χ1n) is 14.7. The molecular formula is C37H29N3O4S. The molecule has 0 bridgehead atoms. The van der Waals surface area contributed by atoms with Crippen LogP contribution in [0, 0.1) is 0 Å². The number of hydrogen-bond donors (Lipinski definition) is 1. The molecule has 0 saturated heterocycles. The average Bonchev–Trinajstić information content (AvgIpc) is 3.61. The maximum absolute atomic E-state index is 14.5. The molecule has 1 aliphatic heterocycles. The van der Waals surface area contributed by atoms with Gasteiger partial charge in [-0.1, -0.05) is 102 Å². The minimum atomic E-state index is -0.788. The molecule has 8 heteroatoms. The zero-order valence-electron chi connectivity index (χ0n) is 24.7. The summed E-state index contributed by atoms with van der Waals surface area (Å²) in [5.74, 6) is 0.0904. The van der Waals surface area contributed by atoms with Crippen LogP contribution in [0.4, 0.5) is 0 Å². The maximum atomic E-state index is 14.5. The fraction of sp³-hybridized carbons (Fsp3) is 0.108. The second kappa shape index (κ2) is 11.9. The summed E-state index contributed by atoms with van der Waals surface area (Å²) in [4.78, 5) is 37.3. The molecule has 4 aromatic carbocycles. The minimum Gasteiger partial charge on any atom is -0.497 e. The summed E-state index contributed by atoms with van der Waals surface area (Å²) in [6.45, 7) is 1.95. The number of esters is 1. The van der Waals surface area contributed by atoms with Crippen LogP contribution < -0.4 is 19.6 Å². The van der Waals surface area contributed by atoms with Gasteiger partial charge in [-0.05, 0) is 42.3 Å². The number of aromatic nitrogens is 2. The Morgan fingerprint density at radius 2 is 1.64 bits per heavy atom. The Balaban J connectivity index is 1.53. The topological polar surface area (TPSA) is 85.7 Å². The number of methoxy groups -OCH3 is 1. The van der Waals surface area contributed by atoms with Gasteiger partial charge < -0.3 is 14.5 Å². The third kappa shape index (κ3) is 5.09. The van der Waals surface area contributed by atoms with Crippen LogP contribution in [0.5, 0.6) is 5.75 Å². The molecule has 6 aromatic rings. The highest BCUT2D eigenvalue weighted by atomic mass is 32.1. The van der Waals surface area contributed by atoms with Crippen molar-refractivity contribution >= 4 is 40.0 Å². The zero-order chi connectivity index (χ0) is 30.9. The van der Waals surface area contributed by atoms with Gasteiger partial charge in [0.25, 0.3) is 5.56 Å². The van der Waals surface area contributed by atoms with E-state index in [0.717, 1.165) is 33.3 Å². The van der Waals surface area contributed by atoms with Crippen molar-refractivity contribution in [2.24, 2.45) is 4.99 Å². The lowest BCUT2D eigenvalue weighted by Gasteiger charge is -2.26. The average molecular weight is 612 g/mol. The van der Waals surface area contributed by atoms with Crippen LogP contribution >= 0.6 is 11.3 Å². The van der Waals surface area contributed by atoms with Crippen LogP contribution in [0.15, 0.2) is 125 Å². The molecule has 7 nitrogen and oxygen atoms in total. The number of carbonyl (C=O) groups excluding carboxylic acids is 1. The highest BCUT2D eigenvalue weighted by Gasteiger charge is 2.35. The number of fused-ring (bicyclic) bond motifs is 2. The number of aromatic amines is 1. The Hall–Kier alpha value is -5.47. The molecule has 7 rings (SSSR count). The van der Waals surface area contributed by atoms with Crippen molar-refractivity contribution in [1.29, 1.82) is 0 Å². The van der Waals surface area contributed by atoms with E-state index >= 15 is 0 Å². The van der Waals surface area contributed by atoms with E-state index in [-0.39, 0.29) is 12.2 Å². The Bertz CT molecular complexity index is 2260. The Labute approximate surface area is 263 Å². The predicted octanol–water partition coefficient (Wildman–Crippen LogP) is 6.09. The maximum Gasteiger partial charge on any atom is 0.338 e. The number of benzene rings is 4. The van der Waals surface area contributed by atoms with Crippen molar-refractivity contribution in [1.82, 2.24) is 9.55 Å². The molecule has 0 spiro atoms. The van der Waals surface area contributed by atoms with E-state index in [1.165, 1.54) is 11.3 Å². The Kier molecular flexibility index (Phi) is 7.49. The van der Waals surface area contributed by atoms with Crippen molar-refractivity contribution in [2.75, 3.05) is 13.7 Å². The fourth-order valence-electron chi connectivity index (χ4n) is 5.84. The summed E-state index contributed by atoms with van der Waals surface area (Å²) in [5, 5.41) is 1.00. The predicted molar refractivity (Wildman–Crippen MR) is 178 cm³/mol. The van der Waals surface area contributed by atoms with Crippen molar-refractivity contribution in [3.05, 3.63) is 151 Å². The van der Waals surface area contributed by atoms with Crippen molar-refractivity contribution in [3.8, 4) is 17.0 Å². The lowest BCUT2D eigenvalue weighted by atomic mass is 9.93.